The van der Waals surface area contributed by atoms with Gasteiger partial charge in [-0.25, -0.2) is 0 Å². The minimum absolute atomic E-state index is 0.744. The van der Waals surface area contributed by atoms with Gasteiger partial charge in [-0.15, -0.1) is 0 Å². The molecule has 1 N–H and O–H groups in total. The highest BCUT2D eigenvalue weighted by Crippen LogP contribution is 2.29. The second-order valence-corrected chi connectivity index (χ2v) is 6.91. The van der Waals surface area contributed by atoms with Crippen molar-refractivity contribution in [3.63, 3.8) is 0 Å². The summed E-state index contributed by atoms with van der Waals surface area (Å²) in [5.41, 5.74) is 0. The lowest BCUT2D eigenvalue weighted by atomic mass is 9.98. The van der Waals surface area contributed by atoms with E-state index in [-0.39, 0.29) is 0 Å². The molecule has 1 atom stereocenters. The van der Waals surface area contributed by atoms with Crippen LogP contribution in [0.5, 0.6) is 0 Å². The predicted molar refractivity (Wildman–Crippen MR) is 74.1 cm³/mol. The second-order valence-electron chi connectivity index (χ2n) is 5.68. The van der Waals surface area contributed by atoms with E-state index in [1.165, 1.54) is 62.9 Å². The summed E-state index contributed by atoms with van der Waals surface area (Å²) in [6.07, 6.45) is 11.6. The summed E-state index contributed by atoms with van der Waals surface area (Å²) in [5, 5.41) is 3.83. The molecule has 1 aliphatic heterocycles. The highest BCUT2D eigenvalue weighted by atomic mass is 32.2. The van der Waals surface area contributed by atoms with Gasteiger partial charge in [-0.3, -0.25) is 0 Å². The standard InChI is InChI=1S/C14H27NS/c1-12(6-7-13-4-2-3-5-13)15-14-8-10-16-11-9-14/h12-15H,2-11H2,1H3. The van der Waals surface area contributed by atoms with Crippen LogP contribution in [0.1, 0.15) is 58.3 Å². The molecule has 2 heteroatoms. The predicted octanol–water partition coefficient (Wildman–Crippen LogP) is 3.83. The number of hydrogen-bond acceptors (Lipinski definition) is 2. The van der Waals surface area contributed by atoms with E-state index in [0.717, 1.165) is 18.0 Å². The molecule has 0 amide bonds. The second kappa shape index (κ2) is 6.90. The van der Waals surface area contributed by atoms with Crippen molar-refractivity contribution < 1.29 is 0 Å². The van der Waals surface area contributed by atoms with E-state index in [1.54, 1.807) is 0 Å². The molecule has 1 nitrogen and oxygen atoms in total. The Labute approximate surface area is 105 Å². The lowest BCUT2D eigenvalue weighted by Crippen LogP contribution is -2.39. The first-order valence-corrected chi connectivity index (χ1v) is 8.34. The first kappa shape index (κ1) is 12.8. The number of thioether (sulfide) groups is 1. The fraction of sp³-hybridized carbons (Fsp3) is 1.00. The van der Waals surface area contributed by atoms with E-state index < -0.39 is 0 Å². The molecule has 0 aromatic carbocycles. The first-order chi connectivity index (χ1) is 7.84. The minimum Gasteiger partial charge on any atom is -0.311 e. The molecule has 94 valence electrons. The normalized spacial score (nSPS) is 26.1. The largest absolute Gasteiger partial charge is 0.311 e. The van der Waals surface area contributed by atoms with Crippen molar-refractivity contribution in [3.05, 3.63) is 0 Å². The molecule has 2 fully saturated rings. The van der Waals surface area contributed by atoms with E-state index in [1.807, 2.05) is 0 Å². The van der Waals surface area contributed by atoms with Crippen LogP contribution in [0.25, 0.3) is 0 Å². The lowest BCUT2D eigenvalue weighted by molar-refractivity contribution is 0.372. The van der Waals surface area contributed by atoms with E-state index in [0.29, 0.717) is 0 Å². The maximum atomic E-state index is 3.83. The summed E-state index contributed by atoms with van der Waals surface area (Å²) in [5.74, 6) is 3.80. The van der Waals surface area contributed by atoms with Crippen LogP contribution in [0, 0.1) is 5.92 Å². The Kier molecular flexibility index (Phi) is 5.51. The van der Waals surface area contributed by atoms with Crippen LogP contribution in [-0.4, -0.2) is 23.6 Å². The molecule has 16 heavy (non-hydrogen) atoms. The van der Waals surface area contributed by atoms with Gasteiger partial charge in [0.2, 0.25) is 0 Å². The Morgan fingerprint density at radius 1 is 1.12 bits per heavy atom. The summed E-state index contributed by atoms with van der Waals surface area (Å²) in [4.78, 5) is 0. The summed E-state index contributed by atoms with van der Waals surface area (Å²) >= 11 is 2.12. The molecular weight excluding hydrogens is 214 g/mol. The van der Waals surface area contributed by atoms with Crippen molar-refractivity contribution >= 4 is 11.8 Å². The third kappa shape index (κ3) is 4.29. The van der Waals surface area contributed by atoms with Crippen LogP contribution in [0.15, 0.2) is 0 Å². The SMILES string of the molecule is CC(CCC1CCCC1)NC1CCSCC1. The van der Waals surface area contributed by atoms with Gasteiger partial charge in [0.05, 0.1) is 0 Å². The van der Waals surface area contributed by atoms with Crippen LogP contribution in [0.3, 0.4) is 0 Å². The minimum atomic E-state index is 0.744. The summed E-state index contributed by atoms with van der Waals surface area (Å²) in [6, 6.07) is 1.56. The molecule has 2 rings (SSSR count). The van der Waals surface area contributed by atoms with Gasteiger partial charge < -0.3 is 5.32 Å². The van der Waals surface area contributed by atoms with Gasteiger partial charge in [0.1, 0.15) is 0 Å². The van der Waals surface area contributed by atoms with Crippen molar-refractivity contribution in [3.8, 4) is 0 Å². The highest BCUT2D eigenvalue weighted by molar-refractivity contribution is 7.99. The van der Waals surface area contributed by atoms with Gasteiger partial charge in [-0.2, -0.15) is 11.8 Å². The Balaban J connectivity index is 1.57. The number of nitrogens with one attached hydrogen (secondary N) is 1. The van der Waals surface area contributed by atoms with Crippen LogP contribution in [0.4, 0.5) is 0 Å². The Morgan fingerprint density at radius 2 is 1.81 bits per heavy atom. The molecule has 1 saturated heterocycles. The average molecular weight is 241 g/mol. The van der Waals surface area contributed by atoms with Gasteiger partial charge in [0.25, 0.3) is 0 Å². The zero-order valence-electron chi connectivity index (χ0n) is 10.7. The van der Waals surface area contributed by atoms with E-state index in [9.17, 15) is 0 Å². The molecule has 0 aromatic rings. The van der Waals surface area contributed by atoms with Crippen molar-refractivity contribution in [2.75, 3.05) is 11.5 Å². The average Bonchev–Trinajstić information content (AvgIpc) is 2.81. The van der Waals surface area contributed by atoms with Crippen LogP contribution in [0.2, 0.25) is 0 Å². The van der Waals surface area contributed by atoms with Gasteiger partial charge in [-0.1, -0.05) is 25.7 Å². The van der Waals surface area contributed by atoms with Crippen molar-refractivity contribution in [2.24, 2.45) is 5.92 Å². The number of rotatable bonds is 5. The van der Waals surface area contributed by atoms with Gasteiger partial charge in [-0.05, 0) is 50.0 Å². The molecule has 0 aromatic heterocycles. The van der Waals surface area contributed by atoms with Gasteiger partial charge in [0, 0.05) is 12.1 Å². The van der Waals surface area contributed by atoms with E-state index >= 15 is 0 Å². The van der Waals surface area contributed by atoms with Crippen LogP contribution >= 0.6 is 11.8 Å². The summed E-state index contributed by atoms with van der Waals surface area (Å²) in [6.45, 7) is 2.39. The fourth-order valence-corrected chi connectivity index (χ4v) is 4.24. The Bertz CT molecular complexity index is 183. The maximum Gasteiger partial charge on any atom is 0.00852 e. The number of hydrogen-bond donors (Lipinski definition) is 1. The quantitative estimate of drug-likeness (QED) is 0.785. The molecule has 1 heterocycles. The smallest absolute Gasteiger partial charge is 0.00852 e. The third-order valence-corrected chi connectivity index (χ3v) is 5.27. The monoisotopic (exact) mass is 241 g/mol. The highest BCUT2D eigenvalue weighted by Gasteiger charge is 2.18. The zero-order valence-corrected chi connectivity index (χ0v) is 11.5. The molecule has 1 aliphatic carbocycles. The Morgan fingerprint density at radius 3 is 2.50 bits per heavy atom. The molecular formula is C14H27NS. The maximum absolute atomic E-state index is 3.83. The van der Waals surface area contributed by atoms with Crippen molar-refractivity contribution in [1.82, 2.24) is 5.32 Å². The molecule has 0 spiro atoms. The van der Waals surface area contributed by atoms with Crippen LogP contribution in [-0.2, 0) is 0 Å². The third-order valence-electron chi connectivity index (χ3n) is 4.22. The fourth-order valence-electron chi connectivity index (χ4n) is 3.13. The van der Waals surface area contributed by atoms with Crippen LogP contribution < -0.4 is 5.32 Å². The zero-order chi connectivity index (χ0) is 11.2. The Hall–Kier alpha value is 0.310. The summed E-state index contributed by atoms with van der Waals surface area (Å²) < 4.78 is 0. The van der Waals surface area contributed by atoms with Crippen molar-refractivity contribution in [1.29, 1.82) is 0 Å². The van der Waals surface area contributed by atoms with Gasteiger partial charge >= 0.3 is 0 Å². The first-order valence-electron chi connectivity index (χ1n) is 7.18. The molecule has 0 bridgehead atoms. The van der Waals surface area contributed by atoms with E-state index in [4.69, 9.17) is 0 Å². The van der Waals surface area contributed by atoms with Crippen molar-refractivity contribution in [2.45, 2.75) is 70.4 Å². The lowest BCUT2D eigenvalue weighted by Gasteiger charge is -2.27. The summed E-state index contributed by atoms with van der Waals surface area (Å²) in [7, 11) is 0. The topological polar surface area (TPSA) is 12.0 Å². The molecule has 2 aliphatic rings. The molecule has 0 radical (unpaired) electrons. The molecule has 1 saturated carbocycles. The molecule has 1 unspecified atom stereocenters. The van der Waals surface area contributed by atoms with E-state index in [2.05, 4.69) is 24.0 Å². The van der Waals surface area contributed by atoms with Gasteiger partial charge in [0.15, 0.2) is 0 Å².